The van der Waals surface area contributed by atoms with Crippen LogP contribution in [0.25, 0.3) is 11.8 Å². The largest absolute Gasteiger partial charge is 0.491 e. The van der Waals surface area contributed by atoms with Crippen molar-refractivity contribution in [3.63, 3.8) is 0 Å². The van der Waals surface area contributed by atoms with Crippen LogP contribution in [0, 0.1) is 12.3 Å². The maximum absolute atomic E-state index is 12.8. The molecule has 3 heterocycles. The van der Waals surface area contributed by atoms with Crippen LogP contribution in [0.15, 0.2) is 88.9 Å². The topological polar surface area (TPSA) is 70.7 Å². The molecule has 0 aliphatic carbocycles. The van der Waals surface area contributed by atoms with Crippen LogP contribution in [-0.2, 0) is 11.3 Å². The van der Waals surface area contributed by atoms with Gasteiger partial charge in [0.25, 0.3) is 5.91 Å². The van der Waals surface area contributed by atoms with Crippen molar-refractivity contribution in [1.29, 1.82) is 5.41 Å². The summed E-state index contributed by atoms with van der Waals surface area (Å²) in [5.41, 5.74) is 4.01. The molecule has 0 radical (unpaired) electrons. The Morgan fingerprint density at radius 3 is 2.67 bits per heavy atom. The van der Waals surface area contributed by atoms with E-state index in [9.17, 15) is 4.79 Å². The summed E-state index contributed by atoms with van der Waals surface area (Å²) in [6.45, 7) is 3.13. The van der Waals surface area contributed by atoms with E-state index in [2.05, 4.69) is 4.99 Å². The predicted molar refractivity (Wildman–Crippen MR) is 133 cm³/mol. The molecule has 164 valence electrons. The number of ether oxygens (including phenoxy) is 1. The molecule has 0 fully saturated rings. The molecule has 0 saturated heterocycles. The van der Waals surface area contributed by atoms with E-state index >= 15 is 0 Å². The lowest BCUT2D eigenvalue weighted by atomic mass is 10.1. The number of aromatic nitrogens is 1. The predicted octanol–water partition coefficient (Wildman–Crippen LogP) is 5.18. The second kappa shape index (κ2) is 8.96. The first kappa shape index (κ1) is 21.0. The molecule has 0 bridgehead atoms. The number of hydrogen-bond acceptors (Lipinski definition) is 4. The Balaban J connectivity index is 1.36. The van der Waals surface area contributed by atoms with Gasteiger partial charge in [0.1, 0.15) is 18.2 Å². The van der Waals surface area contributed by atoms with Crippen molar-refractivity contribution in [3.05, 3.63) is 101 Å². The minimum Gasteiger partial charge on any atom is -0.491 e. The number of nitrogens with one attached hydrogen (secondary N) is 1. The van der Waals surface area contributed by atoms with E-state index in [1.165, 1.54) is 11.8 Å². The lowest BCUT2D eigenvalue weighted by Crippen LogP contribution is -2.38. The third-order valence-corrected chi connectivity index (χ3v) is 6.35. The second-order valence-corrected chi connectivity index (χ2v) is 8.51. The van der Waals surface area contributed by atoms with Crippen LogP contribution in [0.4, 0.5) is 0 Å². The molecule has 3 aromatic rings. The Hall–Kier alpha value is -3.84. The van der Waals surface area contributed by atoms with E-state index < -0.39 is 5.91 Å². The molecule has 1 N–H and O–H groups in total. The number of aryl methyl sites for hydroxylation is 1. The third kappa shape index (κ3) is 4.15. The van der Waals surface area contributed by atoms with E-state index in [4.69, 9.17) is 10.1 Å². The summed E-state index contributed by atoms with van der Waals surface area (Å²) in [5.74, 6) is 0.599. The summed E-state index contributed by atoms with van der Waals surface area (Å²) in [4.78, 5) is 18.8. The van der Waals surface area contributed by atoms with E-state index in [1.807, 2.05) is 89.8 Å². The average Bonchev–Trinajstić information content (AvgIpc) is 3.45. The summed E-state index contributed by atoms with van der Waals surface area (Å²) in [5, 5.41) is 11.3. The SMILES string of the molecule is Cc1ccccc1OCCn1cccc1/C=C1\C(=N)N2C(c3ccccc3)=CSC2=NC1=O. The number of thioether (sulfide) groups is 1. The van der Waals surface area contributed by atoms with E-state index in [1.54, 1.807) is 11.0 Å². The van der Waals surface area contributed by atoms with Gasteiger partial charge in [0, 0.05) is 17.3 Å². The van der Waals surface area contributed by atoms with Crippen LogP contribution in [0.3, 0.4) is 0 Å². The maximum atomic E-state index is 12.8. The molecule has 7 heteroatoms. The van der Waals surface area contributed by atoms with Gasteiger partial charge in [0.2, 0.25) is 0 Å². The van der Waals surface area contributed by atoms with Gasteiger partial charge >= 0.3 is 0 Å². The van der Waals surface area contributed by atoms with E-state index in [0.29, 0.717) is 18.3 Å². The Kier molecular flexibility index (Phi) is 5.71. The molecule has 2 aliphatic rings. The van der Waals surface area contributed by atoms with Crippen LogP contribution in [0.2, 0.25) is 0 Å². The van der Waals surface area contributed by atoms with Crippen LogP contribution < -0.4 is 4.74 Å². The first-order valence-corrected chi connectivity index (χ1v) is 11.5. The van der Waals surface area contributed by atoms with Crippen LogP contribution in [0.5, 0.6) is 5.75 Å². The molecule has 1 amide bonds. The van der Waals surface area contributed by atoms with Crippen LogP contribution in [0.1, 0.15) is 16.8 Å². The van der Waals surface area contributed by atoms with Crippen LogP contribution in [-0.4, -0.2) is 33.0 Å². The van der Waals surface area contributed by atoms with Gasteiger partial charge in [-0.05, 0) is 42.3 Å². The number of fused-ring (bicyclic) bond motifs is 1. The highest BCUT2D eigenvalue weighted by Gasteiger charge is 2.36. The van der Waals surface area contributed by atoms with Crippen molar-refractivity contribution in [2.75, 3.05) is 6.61 Å². The minimum absolute atomic E-state index is 0.133. The number of rotatable bonds is 6. The Morgan fingerprint density at radius 1 is 1.06 bits per heavy atom. The zero-order chi connectivity index (χ0) is 22.8. The molecule has 2 aromatic carbocycles. The number of amides is 1. The zero-order valence-corrected chi connectivity index (χ0v) is 18.9. The van der Waals surface area contributed by atoms with Gasteiger partial charge < -0.3 is 9.30 Å². The molecule has 33 heavy (non-hydrogen) atoms. The highest BCUT2D eigenvalue weighted by molar-refractivity contribution is 8.17. The average molecular weight is 455 g/mol. The van der Waals surface area contributed by atoms with Crippen molar-refractivity contribution in [2.24, 2.45) is 4.99 Å². The molecule has 0 spiro atoms. The third-order valence-electron chi connectivity index (χ3n) is 5.52. The number of hydrogen-bond donors (Lipinski definition) is 1. The molecular weight excluding hydrogens is 432 g/mol. The molecule has 6 nitrogen and oxygen atoms in total. The Bertz CT molecular complexity index is 1320. The molecule has 2 aliphatic heterocycles. The smallest absolute Gasteiger partial charge is 0.283 e. The summed E-state index contributed by atoms with van der Waals surface area (Å²) in [6.07, 6.45) is 3.69. The van der Waals surface area contributed by atoms with E-state index in [-0.39, 0.29) is 11.4 Å². The molecule has 0 atom stereocenters. The minimum atomic E-state index is -0.398. The summed E-state index contributed by atoms with van der Waals surface area (Å²) >= 11 is 1.36. The number of carbonyl (C=O) groups excluding carboxylic acids is 1. The molecule has 5 rings (SSSR count). The van der Waals surface area contributed by atoms with Gasteiger partial charge in [-0.2, -0.15) is 4.99 Å². The van der Waals surface area contributed by atoms with Gasteiger partial charge in [-0.15, -0.1) is 0 Å². The van der Waals surface area contributed by atoms with Gasteiger partial charge in [-0.1, -0.05) is 60.3 Å². The summed E-state index contributed by atoms with van der Waals surface area (Å²) in [7, 11) is 0. The molecule has 0 unspecified atom stereocenters. The number of carbonyl (C=O) groups is 1. The monoisotopic (exact) mass is 454 g/mol. The van der Waals surface area contributed by atoms with Gasteiger partial charge in [-0.25, -0.2) is 0 Å². The molecule has 1 aromatic heterocycles. The zero-order valence-electron chi connectivity index (χ0n) is 18.1. The second-order valence-electron chi connectivity index (χ2n) is 7.67. The number of benzene rings is 2. The van der Waals surface area contributed by atoms with Crippen molar-refractivity contribution < 1.29 is 9.53 Å². The van der Waals surface area contributed by atoms with Crippen molar-refractivity contribution in [1.82, 2.24) is 9.47 Å². The maximum Gasteiger partial charge on any atom is 0.283 e. The Morgan fingerprint density at radius 2 is 1.85 bits per heavy atom. The van der Waals surface area contributed by atoms with Gasteiger partial charge in [0.15, 0.2) is 5.17 Å². The quantitative estimate of drug-likeness (QED) is 0.521. The highest BCUT2D eigenvalue weighted by atomic mass is 32.2. The number of amidine groups is 2. The number of para-hydroxylation sites is 1. The number of aliphatic imine (C=N–C) groups is 1. The first-order valence-electron chi connectivity index (χ1n) is 10.6. The van der Waals surface area contributed by atoms with Gasteiger partial charge in [0.05, 0.1) is 17.8 Å². The van der Waals surface area contributed by atoms with Crippen molar-refractivity contribution in [3.8, 4) is 5.75 Å². The van der Waals surface area contributed by atoms with Crippen molar-refractivity contribution in [2.45, 2.75) is 13.5 Å². The van der Waals surface area contributed by atoms with Crippen LogP contribution >= 0.6 is 11.8 Å². The lowest BCUT2D eigenvalue weighted by Gasteiger charge is -2.27. The first-order chi connectivity index (χ1) is 16.1. The standard InChI is InChI=1S/C26H22N4O2S/c1-18-8-5-6-12-23(18)32-15-14-29-13-7-11-20(29)16-21-24(27)30-22(19-9-3-2-4-10-19)17-33-26(30)28-25(21)31/h2-13,16-17,27H,14-15H2,1H3/b21-16+,27-24?. The molecular formula is C26H22N4O2S. The fourth-order valence-electron chi connectivity index (χ4n) is 3.80. The fourth-order valence-corrected chi connectivity index (χ4v) is 4.69. The lowest BCUT2D eigenvalue weighted by molar-refractivity contribution is -0.114. The van der Waals surface area contributed by atoms with Gasteiger partial charge in [-0.3, -0.25) is 15.1 Å². The summed E-state index contributed by atoms with van der Waals surface area (Å²) < 4.78 is 7.94. The van der Waals surface area contributed by atoms with Crippen molar-refractivity contribution >= 4 is 40.4 Å². The highest BCUT2D eigenvalue weighted by Crippen LogP contribution is 2.37. The fraction of sp³-hybridized carbons (Fsp3) is 0.115. The Labute approximate surface area is 196 Å². The molecule has 0 saturated carbocycles. The summed E-state index contributed by atoms with van der Waals surface area (Å²) in [6, 6.07) is 21.6. The van der Waals surface area contributed by atoms with E-state index in [0.717, 1.165) is 28.3 Å². The number of nitrogens with zero attached hydrogens (tertiary/aromatic N) is 3. The normalized spacial score (nSPS) is 16.6.